The zero-order valence-corrected chi connectivity index (χ0v) is 22.8. The lowest BCUT2D eigenvalue weighted by atomic mass is 9.99. The fourth-order valence-corrected chi connectivity index (χ4v) is 4.79. The number of rotatable bonds is 10. The van der Waals surface area contributed by atoms with Gasteiger partial charge in [0.1, 0.15) is 5.82 Å². The maximum atomic E-state index is 14.0. The largest absolute Gasteiger partial charge is 0.354 e. The third kappa shape index (κ3) is 5.96. The molecular weight excluding hydrogens is 502 g/mol. The highest BCUT2D eigenvalue weighted by Gasteiger charge is 2.34. The highest BCUT2D eigenvalue weighted by molar-refractivity contribution is 6.31. The first-order valence-corrected chi connectivity index (χ1v) is 12.9. The summed E-state index contributed by atoms with van der Waals surface area (Å²) in [5.41, 5.74) is 1.75. The molecule has 4 rings (SSSR count). The molecule has 0 aliphatic rings. The molecule has 3 aromatic carbocycles. The molecule has 0 fully saturated rings. The van der Waals surface area contributed by atoms with E-state index in [0.29, 0.717) is 33.9 Å². The molecule has 1 amide bonds. The average molecular weight is 534 g/mol. The van der Waals surface area contributed by atoms with E-state index in [1.54, 1.807) is 39.8 Å². The Bertz CT molecular complexity index is 1440. The van der Waals surface area contributed by atoms with Crippen LogP contribution in [0.5, 0.6) is 0 Å². The van der Waals surface area contributed by atoms with E-state index in [1.165, 1.54) is 14.2 Å². The summed E-state index contributed by atoms with van der Waals surface area (Å²) in [7, 11) is 3.07. The molecule has 1 atom stereocenters. The van der Waals surface area contributed by atoms with Crippen molar-refractivity contribution in [1.29, 1.82) is 0 Å². The van der Waals surface area contributed by atoms with E-state index in [9.17, 15) is 9.59 Å². The van der Waals surface area contributed by atoms with Crippen LogP contribution < -0.4 is 5.56 Å². The maximum absolute atomic E-state index is 14.0. The van der Waals surface area contributed by atoms with E-state index in [2.05, 4.69) is 0 Å². The Hall–Kier alpha value is -3.52. The SMILES string of the molecule is COC(CN(C(=O)c1ccccc1)C(c1nc2cc(Cl)ccc2c(=O)n1Cc1ccccc1)C(C)C)OC. The van der Waals surface area contributed by atoms with Crippen LogP contribution in [0.2, 0.25) is 5.02 Å². The molecule has 198 valence electrons. The van der Waals surface area contributed by atoms with Crippen molar-refractivity contribution >= 4 is 28.4 Å². The predicted octanol–water partition coefficient (Wildman–Crippen LogP) is 5.56. The number of hydrogen-bond acceptors (Lipinski definition) is 5. The van der Waals surface area contributed by atoms with Crippen LogP contribution in [0.25, 0.3) is 10.9 Å². The van der Waals surface area contributed by atoms with E-state index < -0.39 is 12.3 Å². The lowest BCUT2D eigenvalue weighted by Gasteiger charge is -2.37. The quantitative estimate of drug-likeness (QED) is 0.250. The van der Waals surface area contributed by atoms with Crippen molar-refractivity contribution in [3.63, 3.8) is 0 Å². The van der Waals surface area contributed by atoms with Crippen molar-refractivity contribution in [1.82, 2.24) is 14.5 Å². The van der Waals surface area contributed by atoms with Crippen LogP contribution in [0.1, 0.15) is 41.6 Å². The number of amides is 1. The Morgan fingerprint density at radius 1 is 0.974 bits per heavy atom. The van der Waals surface area contributed by atoms with E-state index in [4.69, 9.17) is 26.1 Å². The molecule has 7 nitrogen and oxygen atoms in total. The van der Waals surface area contributed by atoms with Gasteiger partial charge >= 0.3 is 0 Å². The summed E-state index contributed by atoms with van der Waals surface area (Å²) in [6.45, 7) is 4.45. The van der Waals surface area contributed by atoms with E-state index in [1.807, 2.05) is 62.4 Å². The molecule has 0 saturated heterocycles. The van der Waals surface area contributed by atoms with E-state index in [0.717, 1.165) is 5.56 Å². The van der Waals surface area contributed by atoms with Crippen molar-refractivity contribution in [2.75, 3.05) is 20.8 Å². The fourth-order valence-electron chi connectivity index (χ4n) is 4.63. The minimum absolute atomic E-state index is 0.109. The van der Waals surface area contributed by atoms with Crippen LogP contribution in [-0.4, -0.2) is 47.4 Å². The minimum atomic E-state index is -0.673. The van der Waals surface area contributed by atoms with Crippen LogP contribution in [0.4, 0.5) is 0 Å². The molecule has 8 heteroatoms. The molecule has 1 unspecified atom stereocenters. The monoisotopic (exact) mass is 533 g/mol. The Labute approximate surface area is 227 Å². The third-order valence-electron chi connectivity index (χ3n) is 6.52. The number of fused-ring (bicyclic) bond motifs is 1. The molecule has 4 aromatic rings. The van der Waals surface area contributed by atoms with Crippen molar-refractivity contribution in [2.24, 2.45) is 5.92 Å². The summed E-state index contributed by atoms with van der Waals surface area (Å²) < 4.78 is 12.7. The van der Waals surface area contributed by atoms with Crippen LogP contribution >= 0.6 is 11.6 Å². The normalized spacial score (nSPS) is 12.3. The Balaban J connectivity index is 1.96. The number of hydrogen-bond donors (Lipinski definition) is 0. The number of halogens is 1. The number of nitrogens with zero attached hydrogens (tertiary/aromatic N) is 3. The molecule has 0 aliphatic carbocycles. The second-order valence-electron chi connectivity index (χ2n) is 9.42. The van der Waals surface area contributed by atoms with Gasteiger partial charge in [0.15, 0.2) is 6.29 Å². The average Bonchev–Trinajstić information content (AvgIpc) is 2.93. The lowest BCUT2D eigenvalue weighted by molar-refractivity contribution is -0.117. The Morgan fingerprint density at radius 3 is 2.21 bits per heavy atom. The van der Waals surface area contributed by atoms with Crippen molar-refractivity contribution in [3.05, 3.63) is 111 Å². The van der Waals surface area contributed by atoms with E-state index >= 15 is 0 Å². The number of carbonyl (C=O) groups excluding carboxylic acids is 1. The maximum Gasteiger partial charge on any atom is 0.261 e. The molecule has 1 aromatic heterocycles. The van der Waals surface area contributed by atoms with Crippen molar-refractivity contribution < 1.29 is 14.3 Å². The smallest absolute Gasteiger partial charge is 0.261 e. The first-order chi connectivity index (χ1) is 18.3. The first kappa shape index (κ1) is 27.5. The zero-order valence-electron chi connectivity index (χ0n) is 22.0. The lowest BCUT2D eigenvalue weighted by Crippen LogP contribution is -2.45. The topological polar surface area (TPSA) is 73.7 Å². The van der Waals surface area contributed by atoms with Gasteiger partial charge in [-0.3, -0.25) is 14.2 Å². The van der Waals surface area contributed by atoms with Crippen LogP contribution in [-0.2, 0) is 16.0 Å². The van der Waals surface area contributed by atoms with Gasteiger partial charge in [-0.1, -0.05) is 74.0 Å². The summed E-state index contributed by atoms with van der Waals surface area (Å²) in [4.78, 5) is 34.6. The molecular formula is C30H32ClN3O4. The summed E-state index contributed by atoms with van der Waals surface area (Å²) in [5.74, 6) is 0.150. The van der Waals surface area contributed by atoms with E-state index in [-0.39, 0.29) is 23.9 Å². The highest BCUT2D eigenvalue weighted by atomic mass is 35.5. The molecule has 0 aliphatic heterocycles. The second-order valence-corrected chi connectivity index (χ2v) is 9.86. The number of methoxy groups -OCH3 is 2. The Kier molecular flexibility index (Phi) is 8.94. The number of carbonyl (C=O) groups is 1. The van der Waals surface area contributed by atoms with Gasteiger partial charge in [0.25, 0.3) is 11.5 Å². The minimum Gasteiger partial charge on any atom is -0.354 e. The molecule has 0 saturated carbocycles. The predicted molar refractivity (Wildman–Crippen MR) is 149 cm³/mol. The van der Waals surface area contributed by atoms with Gasteiger partial charge in [0.2, 0.25) is 0 Å². The van der Waals surface area contributed by atoms with Crippen LogP contribution in [0, 0.1) is 5.92 Å². The molecule has 1 heterocycles. The van der Waals surface area contributed by atoms with Gasteiger partial charge in [0, 0.05) is 24.8 Å². The fraction of sp³-hybridized carbons (Fsp3) is 0.300. The Morgan fingerprint density at radius 2 is 1.61 bits per heavy atom. The highest BCUT2D eigenvalue weighted by Crippen LogP contribution is 2.31. The van der Waals surface area contributed by atoms with Gasteiger partial charge in [-0.05, 0) is 41.8 Å². The molecule has 0 radical (unpaired) electrons. The number of benzene rings is 3. The van der Waals surface area contributed by atoms with Crippen LogP contribution in [0.15, 0.2) is 83.7 Å². The molecule has 0 bridgehead atoms. The summed E-state index contributed by atoms with van der Waals surface area (Å²) in [6, 6.07) is 23.3. The summed E-state index contributed by atoms with van der Waals surface area (Å²) in [5, 5.41) is 0.942. The van der Waals surface area contributed by atoms with Gasteiger partial charge in [-0.25, -0.2) is 4.98 Å². The standard InChI is InChI=1S/C30H32ClN3O4/c1-20(2)27(33(19-26(37-3)38-4)29(35)22-13-9-6-10-14-22)28-32-25-17-23(31)15-16-24(25)30(36)34(28)18-21-11-7-5-8-12-21/h5-17,20,26-27H,18-19H2,1-4H3. The first-order valence-electron chi connectivity index (χ1n) is 12.5. The van der Waals surface area contributed by atoms with Gasteiger partial charge in [-0.2, -0.15) is 0 Å². The van der Waals surface area contributed by atoms with Gasteiger partial charge in [0.05, 0.1) is 30.0 Å². The van der Waals surface area contributed by atoms with Crippen molar-refractivity contribution in [3.8, 4) is 0 Å². The molecule has 0 spiro atoms. The summed E-state index contributed by atoms with van der Waals surface area (Å²) in [6.07, 6.45) is -0.673. The number of ether oxygens (including phenoxy) is 2. The summed E-state index contributed by atoms with van der Waals surface area (Å²) >= 11 is 6.29. The third-order valence-corrected chi connectivity index (χ3v) is 6.75. The zero-order chi connectivity index (χ0) is 27.2. The second kappa shape index (κ2) is 12.3. The van der Waals surface area contributed by atoms with Gasteiger partial charge < -0.3 is 14.4 Å². The van der Waals surface area contributed by atoms with Crippen molar-refractivity contribution in [2.45, 2.75) is 32.7 Å². The number of aromatic nitrogens is 2. The van der Waals surface area contributed by atoms with Crippen LogP contribution in [0.3, 0.4) is 0 Å². The molecule has 38 heavy (non-hydrogen) atoms. The molecule has 0 N–H and O–H groups in total. The van der Waals surface area contributed by atoms with Gasteiger partial charge in [-0.15, -0.1) is 0 Å².